The summed E-state index contributed by atoms with van der Waals surface area (Å²) in [5.74, 6) is -0.497. The second kappa shape index (κ2) is 9.30. The van der Waals surface area contributed by atoms with Crippen molar-refractivity contribution >= 4 is 22.4 Å². The summed E-state index contributed by atoms with van der Waals surface area (Å²) in [6.07, 6.45) is -2.42. The van der Waals surface area contributed by atoms with E-state index in [1.54, 1.807) is 37.4 Å². The van der Waals surface area contributed by atoms with Crippen molar-refractivity contribution in [2.45, 2.75) is 37.6 Å². The van der Waals surface area contributed by atoms with Crippen molar-refractivity contribution in [3.8, 4) is 11.3 Å². The number of benzene rings is 2. The fourth-order valence-electron chi connectivity index (χ4n) is 3.54. The highest BCUT2D eigenvalue weighted by Crippen LogP contribution is 2.39. The summed E-state index contributed by atoms with van der Waals surface area (Å²) < 4.78 is 53.9. The molecule has 0 spiro atoms. The first kappa shape index (κ1) is 23.7. The number of nitrogens with zero attached hydrogens (tertiary/aromatic N) is 1. The summed E-state index contributed by atoms with van der Waals surface area (Å²) in [5, 5.41) is 12.6. The van der Waals surface area contributed by atoms with Gasteiger partial charge >= 0.3 is 6.18 Å². The number of aliphatic hydroxyl groups excluding tert-OH is 1. The highest BCUT2D eigenvalue weighted by Gasteiger charge is 2.35. The molecule has 0 bridgehead atoms. The first-order chi connectivity index (χ1) is 15.0. The molecule has 0 aliphatic rings. The van der Waals surface area contributed by atoms with Crippen molar-refractivity contribution in [2.75, 3.05) is 11.6 Å². The predicted molar refractivity (Wildman–Crippen MR) is 118 cm³/mol. The van der Waals surface area contributed by atoms with E-state index in [1.165, 1.54) is 35.9 Å². The monoisotopic (exact) mass is 464 g/mol. The van der Waals surface area contributed by atoms with Crippen LogP contribution < -0.4 is 5.32 Å². The molecular weight excluding hydrogens is 441 g/mol. The average molecular weight is 465 g/mol. The number of rotatable bonds is 6. The second-order valence-electron chi connectivity index (χ2n) is 7.49. The van der Waals surface area contributed by atoms with Crippen LogP contribution in [0.5, 0.6) is 0 Å². The minimum atomic E-state index is -4.58. The van der Waals surface area contributed by atoms with Crippen LogP contribution in [-0.4, -0.2) is 32.1 Å². The topological polar surface area (TPSA) is 71.3 Å². The Morgan fingerprint density at radius 3 is 2.34 bits per heavy atom. The third-order valence-corrected chi connectivity index (χ3v) is 5.90. The van der Waals surface area contributed by atoms with E-state index in [-0.39, 0.29) is 23.4 Å². The van der Waals surface area contributed by atoms with E-state index in [0.29, 0.717) is 16.1 Å². The number of hydrogen-bond donors (Lipinski definition) is 2. The van der Waals surface area contributed by atoms with Crippen LogP contribution in [0, 0.1) is 6.92 Å². The maximum Gasteiger partial charge on any atom is 0.417 e. The predicted octanol–water partition coefficient (Wildman–Crippen LogP) is 4.85. The molecule has 170 valence electrons. The molecule has 0 aliphatic carbocycles. The van der Waals surface area contributed by atoms with Crippen molar-refractivity contribution in [1.82, 2.24) is 4.57 Å². The van der Waals surface area contributed by atoms with Crippen LogP contribution in [0.3, 0.4) is 0 Å². The minimum Gasteiger partial charge on any atom is -0.392 e. The number of carbonyl (C=O) groups excluding carboxylic acids is 1. The van der Waals surface area contributed by atoms with Gasteiger partial charge in [0.2, 0.25) is 0 Å². The Hall–Kier alpha value is -2.91. The third-order valence-electron chi connectivity index (χ3n) is 4.97. The Morgan fingerprint density at radius 2 is 1.78 bits per heavy atom. The molecule has 1 heterocycles. The zero-order valence-electron chi connectivity index (χ0n) is 17.7. The molecule has 32 heavy (non-hydrogen) atoms. The fourth-order valence-corrected chi connectivity index (χ4v) is 4.06. The molecule has 5 nitrogen and oxygen atoms in total. The maximum absolute atomic E-state index is 13.6. The second-order valence-corrected chi connectivity index (χ2v) is 8.87. The van der Waals surface area contributed by atoms with Crippen molar-refractivity contribution in [3.05, 3.63) is 71.4 Å². The number of aliphatic hydroxyl groups is 1. The van der Waals surface area contributed by atoms with E-state index >= 15 is 0 Å². The number of amides is 1. The van der Waals surface area contributed by atoms with Gasteiger partial charge in [-0.2, -0.15) is 13.2 Å². The Morgan fingerprint density at radius 1 is 1.16 bits per heavy atom. The van der Waals surface area contributed by atoms with Crippen LogP contribution in [0.25, 0.3) is 11.3 Å². The SMILES string of the molecule is Cc1c(C(=O)Nc2ccc(S(C)=O)cc2)cn(CC(C)O)c1-c1ccccc1C(F)(F)F. The molecule has 0 radical (unpaired) electrons. The molecule has 2 aromatic carbocycles. The van der Waals surface area contributed by atoms with Gasteiger partial charge in [0.1, 0.15) is 0 Å². The van der Waals surface area contributed by atoms with E-state index < -0.39 is 34.6 Å². The molecule has 0 aliphatic heterocycles. The Balaban J connectivity index is 2.05. The van der Waals surface area contributed by atoms with Crippen molar-refractivity contribution in [1.29, 1.82) is 0 Å². The molecule has 3 rings (SSSR count). The van der Waals surface area contributed by atoms with Gasteiger partial charge in [0.05, 0.1) is 22.9 Å². The van der Waals surface area contributed by atoms with Crippen molar-refractivity contribution in [2.24, 2.45) is 0 Å². The highest BCUT2D eigenvalue weighted by atomic mass is 32.2. The summed E-state index contributed by atoms with van der Waals surface area (Å²) in [6.45, 7) is 3.12. The highest BCUT2D eigenvalue weighted by molar-refractivity contribution is 7.84. The van der Waals surface area contributed by atoms with Gasteiger partial charge in [-0.05, 0) is 49.7 Å². The molecule has 1 amide bonds. The summed E-state index contributed by atoms with van der Waals surface area (Å²) in [6, 6.07) is 11.6. The van der Waals surface area contributed by atoms with Crippen molar-refractivity contribution < 1.29 is 27.3 Å². The zero-order chi connectivity index (χ0) is 23.6. The van der Waals surface area contributed by atoms with E-state index in [0.717, 1.165) is 6.07 Å². The molecular formula is C23H23F3N2O3S. The largest absolute Gasteiger partial charge is 0.417 e. The molecule has 2 atom stereocenters. The molecule has 2 N–H and O–H groups in total. The normalized spacial score (nSPS) is 13.6. The van der Waals surface area contributed by atoms with Crippen LogP contribution in [0.15, 0.2) is 59.6 Å². The quantitative estimate of drug-likeness (QED) is 0.548. The Kier molecular flexibility index (Phi) is 6.90. The number of carbonyl (C=O) groups is 1. The smallest absolute Gasteiger partial charge is 0.392 e. The maximum atomic E-state index is 13.6. The van der Waals surface area contributed by atoms with Crippen molar-refractivity contribution in [3.63, 3.8) is 0 Å². The lowest BCUT2D eigenvalue weighted by molar-refractivity contribution is -0.137. The first-order valence-electron chi connectivity index (χ1n) is 9.78. The van der Waals surface area contributed by atoms with Gasteiger partial charge in [0.15, 0.2) is 0 Å². The Bertz CT molecular complexity index is 1150. The third kappa shape index (κ3) is 5.11. The van der Waals surface area contributed by atoms with Gasteiger partial charge in [0, 0.05) is 45.9 Å². The van der Waals surface area contributed by atoms with E-state index in [1.807, 2.05) is 0 Å². The summed E-state index contributed by atoms with van der Waals surface area (Å²) in [7, 11) is -1.16. The lowest BCUT2D eigenvalue weighted by atomic mass is 10.00. The van der Waals surface area contributed by atoms with Crippen LogP contribution >= 0.6 is 0 Å². The van der Waals surface area contributed by atoms with Gasteiger partial charge in [-0.25, -0.2) is 0 Å². The van der Waals surface area contributed by atoms with Crippen LogP contribution in [-0.2, 0) is 23.5 Å². The molecule has 9 heteroatoms. The Labute approximate surface area is 186 Å². The number of aromatic nitrogens is 1. The summed E-state index contributed by atoms with van der Waals surface area (Å²) >= 11 is 0. The van der Waals surface area contributed by atoms with Crippen LogP contribution in [0.2, 0.25) is 0 Å². The van der Waals surface area contributed by atoms with Crippen LogP contribution in [0.1, 0.15) is 28.4 Å². The van der Waals surface area contributed by atoms with Gasteiger partial charge < -0.3 is 15.0 Å². The molecule has 0 fully saturated rings. The van der Waals surface area contributed by atoms with Gasteiger partial charge in [-0.3, -0.25) is 9.00 Å². The molecule has 0 saturated heterocycles. The van der Waals surface area contributed by atoms with E-state index in [2.05, 4.69) is 5.32 Å². The number of hydrogen-bond acceptors (Lipinski definition) is 3. The molecule has 2 unspecified atom stereocenters. The first-order valence-corrected chi connectivity index (χ1v) is 11.3. The van der Waals surface area contributed by atoms with Gasteiger partial charge in [0.25, 0.3) is 5.91 Å². The average Bonchev–Trinajstić information content (AvgIpc) is 3.03. The molecule has 0 saturated carbocycles. The van der Waals surface area contributed by atoms with E-state index in [4.69, 9.17) is 0 Å². The van der Waals surface area contributed by atoms with E-state index in [9.17, 15) is 27.3 Å². The molecule has 1 aromatic heterocycles. The lowest BCUT2D eigenvalue weighted by Gasteiger charge is -2.17. The van der Waals surface area contributed by atoms with Crippen LogP contribution in [0.4, 0.5) is 18.9 Å². The number of nitrogens with one attached hydrogen (secondary N) is 1. The van der Waals surface area contributed by atoms with Gasteiger partial charge in [-0.1, -0.05) is 18.2 Å². The molecule has 3 aromatic rings. The van der Waals surface area contributed by atoms with Gasteiger partial charge in [-0.15, -0.1) is 0 Å². The standard InChI is InChI=1S/C23H23F3N2O3S/c1-14(29)12-28-13-19(22(30)27-16-8-10-17(11-9-16)32(3)31)15(2)21(28)18-6-4-5-7-20(18)23(24,25)26/h4-11,13-14,29H,12H2,1-3H3,(H,27,30). The summed E-state index contributed by atoms with van der Waals surface area (Å²) in [4.78, 5) is 13.6. The number of halogens is 3. The fraction of sp³-hybridized carbons (Fsp3) is 0.261. The number of anilines is 1. The lowest BCUT2D eigenvalue weighted by Crippen LogP contribution is -2.14. The minimum absolute atomic E-state index is 0.0205. The summed E-state index contributed by atoms with van der Waals surface area (Å²) in [5.41, 5.74) is 0.367. The number of alkyl halides is 3. The zero-order valence-corrected chi connectivity index (χ0v) is 18.6.